The largest absolute Gasteiger partial charge is 0.465 e. The van der Waals surface area contributed by atoms with Gasteiger partial charge in [0.15, 0.2) is 0 Å². The second-order valence-electron chi connectivity index (χ2n) is 5.29. The summed E-state index contributed by atoms with van der Waals surface area (Å²) in [5.41, 5.74) is 1.46. The van der Waals surface area contributed by atoms with E-state index in [1.807, 2.05) is 42.5 Å². The monoisotopic (exact) mass is 284 g/mol. The van der Waals surface area contributed by atoms with Crippen LogP contribution in [0.2, 0.25) is 0 Å². The van der Waals surface area contributed by atoms with Gasteiger partial charge in [-0.25, -0.2) is 4.79 Å². The minimum Gasteiger partial charge on any atom is -0.465 e. The van der Waals surface area contributed by atoms with E-state index >= 15 is 0 Å². The van der Waals surface area contributed by atoms with Gasteiger partial charge in [-0.3, -0.25) is 0 Å². The van der Waals surface area contributed by atoms with Crippen LogP contribution >= 0.6 is 0 Å². The van der Waals surface area contributed by atoms with E-state index in [0.29, 0.717) is 17.2 Å². The van der Waals surface area contributed by atoms with Crippen molar-refractivity contribution in [2.75, 3.05) is 7.11 Å². The lowest BCUT2D eigenvalue weighted by Crippen LogP contribution is -2.09. The quantitative estimate of drug-likeness (QED) is 0.760. The number of hydrogen-bond acceptors (Lipinski definition) is 3. The van der Waals surface area contributed by atoms with E-state index in [1.165, 1.54) is 7.11 Å². The number of para-hydroxylation sites is 1. The van der Waals surface area contributed by atoms with Crippen molar-refractivity contribution in [1.29, 1.82) is 0 Å². The lowest BCUT2D eigenvalue weighted by Gasteiger charge is -2.16. The maximum absolute atomic E-state index is 11.9. The fourth-order valence-corrected chi connectivity index (χ4v) is 2.20. The summed E-state index contributed by atoms with van der Waals surface area (Å²) in [4.78, 5) is 11.9. The van der Waals surface area contributed by atoms with Crippen LogP contribution in [0.3, 0.4) is 0 Å². The van der Waals surface area contributed by atoms with Gasteiger partial charge in [0.25, 0.3) is 0 Å². The minimum absolute atomic E-state index is 0.329. The summed E-state index contributed by atoms with van der Waals surface area (Å²) < 4.78 is 10.8. The maximum atomic E-state index is 11.9. The third-order valence-corrected chi connectivity index (χ3v) is 3.12. The predicted molar refractivity (Wildman–Crippen MR) is 82.8 cm³/mol. The molecule has 0 aliphatic carbocycles. The zero-order chi connectivity index (χ0) is 15.2. The van der Waals surface area contributed by atoms with Crippen molar-refractivity contribution >= 4 is 5.97 Å². The van der Waals surface area contributed by atoms with Crippen LogP contribution in [0, 0.1) is 5.92 Å². The van der Waals surface area contributed by atoms with Crippen LogP contribution in [0.1, 0.15) is 29.8 Å². The molecule has 0 unspecified atom stereocenters. The third kappa shape index (κ3) is 3.85. The van der Waals surface area contributed by atoms with Gasteiger partial charge in [0, 0.05) is 5.56 Å². The van der Waals surface area contributed by atoms with Gasteiger partial charge in [-0.15, -0.1) is 0 Å². The Morgan fingerprint density at radius 1 is 1.05 bits per heavy atom. The molecule has 0 radical (unpaired) electrons. The van der Waals surface area contributed by atoms with Crippen LogP contribution in [-0.4, -0.2) is 13.1 Å². The molecule has 0 amide bonds. The van der Waals surface area contributed by atoms with Gasteiger partial charge in [0.2, 0.25) is 0 Å². The fourth-order valence-electron chi connectivity index (χ4n) is 2.20. The standard InChI is InChI=1S/C18H20O3/c1-13(2)12-16-15(18(19)20-3)10-7-11-17(16)21-14-8-5-4-6-9-14/h4-11,13H,12H2,1-3H3. The van der Waals surface area contributed by atoms with Crippen LogP contribution < -0.4 is 4.74 Å². The van der Waals surface area contributed by atoms with Crippen LogP contribution in [0.25, 0.3) is 0 Å². The highest BCUT2D eigenvalue weighted by Gasteiger charge is 2.17. The number of esters is 1. The van der Waals surface area contributed by atoms with E-state index in [1.54, 1.807) is 6.07 Å². The number of carbonyl (C=O) groups is 1. The van der Waals surface area contributed by atoms with E-state index in [9.17, 15) is 4.79 Å². The number of hydrogen-bond donors (Lipinski definition) is 0. The van der Waals surface area contributed by atoms with Crippen molar-refractivity contribution < 1.29 is 14.3 Å². The van der Waals surface area contributed by atoms with E-state index in [2.05, 4.69) is 13.8 Å². The van der Waals surface area contributed by atoms with Crippen molar-refractivity contribution in [3.8, 4) is 11.5 Å². The highest BCUT2D eigenvalue weighted by Crippen LogP contribution is 2.30. The summed E-state index contributed by atoms with van der Waals surface area (Å²) in [5.74, 6) is 1.54. The second kappa shape index (κ2) is 6.93. The predicted octanol–water partition coefficient (Wildman–Crippen LogP) is 4.46. The zero-order valence-corrected chi connectivity index (χ0v) is 12.6. The number of carbonyl (C=O) groups excluding carboxylic acids is 1. The molecule has 2 aromatic carbocycles. The van der Waals surface area contributed by atoms with Gasteiger partial charge in [0.1, 0.15) is 11.5 Å². The molecular weight excluding hydrogens is 264 g/mol. The normalized spacial score (nSPS) is 10.5. The Labute approximate surface area is 125 Å². The molecule has 3 nitrogen and oxygen atoms in total. The zero-order valence-electron chi connectivity index (χ0n) is 12.6. The van der Waals surface area contributed by atoms with E-state index in [0.717, 1.165) is 17.7 Å². The SMILES string of the molecule is COC(=O)c1cccc(Oc2ccccc2)c1CC(C)C. The fraction of sp³-hybridized carbons (Fsp3) is 0.278. The smallest absolute Gasteiger partial charge is 0.338 e. The molecule has 0 saturated carbocycles. The van der Waals surface area contributed by atoms with Gasteiger partial charge >= 0.3 is 5.97 Å². The first-order valence-corrected chi connectivity index (χ1v) is 7.05. The molecule has 0 atom stereocenters. The molecular formula is C18H20O3. The number of rotatable bonds is 5. The van der Waals surface area contributed by atoms with Crippen molar-refractivity contribution in [2.24, 2.45) is 5.92 Å². The summed E-state index contributed by atoms with van der Waals surface area (Å²) in [6.45, 7) is 4.22. The van der Waals surface area contributed by atoms with Crippen molar-refractivity contribution in [1.82, 2.24) is 0 Å². The van der Waals surface area contributed by atoms with Crippen LogP contribution in [0.15, 0.2) is 48.5 Å². The Morgan fingerprint density at radius 3 is 2.38 bits per heavy atom. The molecule has 0 heterocycles. The van der Waals surface area contributed by atoms with Gasteiger partial charge in [-0.05, 0) is 36.6 Å². The van der Waals surface area contributed by atoms with Gasteiger partial charge in [-0.1, -0.05) is 38.1 Å². The third-order valence-electron chi connectivity index (χ3n) is 3.12. The first kappa shape index (κ1) is 15.1. The highest BCUT2D eigenvalue weighted by atomic mass is 16.5. The molecule has 21 heavy (non-hydrogen) atoms. The molecule has 0 aliphatic rings. The van der Waals surface area contributed by atoms with Crippen LogP contribution in [-0.2, 0) is 11.2 Å². The molecule has 0 N–H and O–H groups in total. The topological polar surface area (TPSA) is 35.5 Å². The van der Waals surface area contributed by atoms with Crippen molar-refractivity contribution in [3.05, 3.63) is 59.7 Å². The molecule has 0 bridgehead atoms. The van der Waals surface area contributed by atoms with E-state index < -0.39 is 0 Å². The van der Waals surface area contributed by atoms with Crippen molar-refractivity contribution in [2.45, 2.75) is 20.3 Å². The molecule has 2 rings (SSSR count). The Morgan fingerprint density at radius 2 is 1.76 bits per heavy atom. The van der Waals surface area contributed by atoms with Crippen molar-refractivity contribution in [3.63, 3.8) is 0 Å². The Hall–Kier alpha value is -2.29. The summed E-state index contributed by atoms with van der Waals surface area (Å²) in [6, 6.07) is 15.0. The lowest BCUT2D eigenvalue weighted by atomic mass is 9.97. The number of benzene rings is 2. The van der Waals surface area contributed by atoms with Gasteiger partial charge in [-0.2, -0.15) is 0 Å². The summed E-state index contributed by atoms with van der Waals surface area (Å²) in [6.07, 6.45) is 0.757. The molecule has 3 heteroatoms. The molecule has 0 fully saturated rings. The Bertz CT molecular complexity index is 603. The average Bonchev–Trinajstić information content (AvgIpc) is 2.49. The van der Waals surface area contributed by atoms with Gasteiger partial charge in [0.05, 0.1) is 12.7 Å². The maximum Gasteiger partial charge on any atom is 0.338 e. The second-order valence-corrected chi connectivity index (χ2v) is 5.29. The molecule has 0 aliphatic heterocycles. The molecule has 2 aromatic rings. The summed E-state index contributed by atoms with van der Waals surface area (Å²) in [5, 5.41) is 0. The van der Waals surface area contributed by atoms with Crippen LogP contribution in [0.4, 0.5) is 0 Å². The van der Waals surface area contributed by atoms with Crippen LogP contribution in [0.5, 0.6) is 11.5 Å². The summed E-state index contributed by atoms with van der Waals surface area (Å²) in [7, 11) is 1.40. The molecule has 110 valence electrons. The number of methoxy groups -OCH3 is 1. The average molecular weight is 284 g/mol. The Balaban J connectivity index is 2.41. The first-order valence-electron chi connectivity index (χ1n) is 7.05. The highest BCUT2D eigenvalue weighted by molar-refractivity contribution is 5.91. The van der Waals surface area contributed by atoms with E-state index in [4.69, 9.17) is 9.47 Å². The number of ether oxygens (including phenoxy) is 2. The van der Waals surface area contributed by atoms with Gasteiger partial charge < -0.3 is 9.47 Å². The molecule has 0 spiro atoms. The molecule has 0 aromatic heterocycles. The summed E-state index contributed by atoms with van der Waals surface area (Å²) >= 11 is 0. The Kier molecular flexibility index (Phi) is 4.99. The lowest BCUT2D eigenvalue weighted by molar-refractivity contribution is 0.0599. The molecule has 0 saturated heterocycles. The van der Waals surface area contributed by atoms with E-state index in [-0.39, 0.29) is 5.97 Å². The first-order chi connectivity index (χ1) is 10.1. The minimum atomic E-state index is -0.329.